The van der Waals surface area contributed by atoms with E-state index in [-0.39, 0.29) is 0 Å². The normalized spacial score (nSPS) is 16.8. The van der Waals surface area contributed by atoms with Crippen LogP contribution in [0.3, 0.4) is 0 Å². The first-order valence-corrected chi connectivity index (χ1v) is 7.06. The van der Waals surface area contributed by atoms with Crippen LogP contribution in [0, 0.1) is 0 Å². The van der Waals surface area contributed by atoms with E-state index in [0.717, 1.165) is 32.7 Å². The van der Waals surface area contributed by atoms with Gasteiger partial charge in [-0.05, 0) is 31.7 Å². The van der Waals surface area contributed by atoms with Crippen molar-refractivity contribution in [1.82, 2.24) is 9.80 Å². The molecule has 1 heterocycles. The van der Waals surface area contributed by atoms with Crippen molar-refractivity contribution in [3.8, 4) is 0 Å². The highest BCUT2D eigenvalue weighted by Gasteiger charge is 2.13. The van der Waals surface area contributed by atoms with Gasteiger partial charge in [0.25, 0.3) is 0 Å². The van der Waals surface area contributed by atoms with Crippen LogP contribution in [0.5, 0.6) is 0 Å². The lowest BCUT2D eigenvalue weighted by Crippen LogP contribution is -2.43. The monoisotopic (exact) mass is 256 g/mol. The summed E-state index contributed by atoms with van der Waals surface area (Å²) < 4.78 is 0. The van der Waals surface area contributed by atoms with Gasteiger partial charge in [0.15, 0.2) is 0 Å². The number of rotatable bonds is 4. The third kappa shape index (κ3) is 4.92. The molecule has 0 saturated carbocycles. The van der Waals surface area contributed by atoms with Crippen molar-refractivity contribution in [1.29, 1.82) is 0 Å². The van der Waals surface area contributed by atoms with Gasteiger partial charge in [-0.3, -0.25) is 4.90 Å². The van der Waals surface area contributed by atoms with Crippen molar-refractivity contribution in [3.05, 3.63) is 59.8 Å². The number of hydrogen-bond acceptors (Lipinski definition) is 2. The average Bonchev–Trinajstić information content (AvgIpc) is 2.42. The molecule has 0 spiro atoms. The quantitative estimate of drug-likeness (QED) is 0.763. The largest absolute Gasteiger partial charge is 0.375 e. The summed E-state index contributed by atoms with van der Waals surface area (Å²) in [6.07, 6.45) is 6.53. The summed E-state index contributed by atoms with van der Waals surface area (Å²) in [5.74, 6) is 0. The molecule has 2 nitrogen and oxygen atoms in total. The van der Waals surface area contributed by atoms with Crippen LogP contribution in [0.1, 0.15) is 19.4 Å². The molecule has 19 heavy (non-hydrogen) atoms. The van der Waals surface area contributed by atoms with E-state index in [2.05, 4.69) is 72.3 Å². The average molecular weight is 256 g/mol. The van der Waals surface area contributed by atoms with E-state index in [1.807, 2.05) is 0 Å². The highest BCUT2D eigenvalue weighted by atomic mass is 15.2. The summed E-state index contributed by atoms with van der Waals surface area (Å²) in [6, 6.07) is 10.7. The fraction of sp³-hybridized carbons (Fsp3) is 0.412. The summed E-state index contributed by atoms with van der Waals surface area (Å²) in [5, 5.41) is 0. The van der Waals surface area contributed by atoms with Crippen molar-refractivity contribution < 1.29 is 0 Å². The summed E-state index contributed by atoms with van der Waals surface area (Å²) in [4.78, 5) is 4.93. The molecule has 1 fully saturated rings. The van der Waals surface area contributed by atoms with Crippen molar-refractivity contribution in [2.24, 2.45) is 0 Å². The Bertz CT molecular complexity index is 422. The molecule has 0 amide bonds. The second kappa shape index (κ2) is 7.15. The lowest BCUT2D eigenvalue weighted by atomic mass is 10.2. The molecule has 1 aliphatic rings. The van der Waals surface area contributed by atoms with Crippen LogP contribution in [-0.2, 0) is 6.54 Å². The number of nitrogens with zero attached hydrogens (tertiary/aromatic N) is 2. The Kier molecular flexibility index (Phi) is 5.22. The molecule has 1 aliphatic heterocycles. The van der Waals surface area contributed by atoms with Gasteiger partial charge in [-0.1, -0.05) is 42.0 Å². The van der Waals surface area contributed by atoms with Crippen molar-refractivity contribution in [2.75, 3.05) is 26.2 Å². The number of benzene rings is 1. The summed E-state index contributed by atoms with van der Waals surface area (Å²) in [6.45, 7) is 9.87. The Balaban J connectivity index is 1.76. The van der Waals surface area contributed by atoms with E-state index in [9.17, 15) is 0 Å². The SMILES string of the molecule is CC(C)=CC=CN1CCN(Cc2ccccc2)CC1. The maximum Gasteiger partial charge on any atom is 0.0301 e. The zero-order valence-corrected chi connectivity index (χ0v) is 12.0. The molecule has 0 unspecified atom stereocenters. The molecule has 1 aromatic carbocycles. The molecule has 0 aromatic heterocycles. The Hall–Kier alpha value is -1.54. The Morgan fingerprint density at radius 3 is 2.37 bits per heavy atom. The zero-order valence-electron chi connectivity index (χ0n) is 12.0. The predicted octanol–water partition coefficient (Wildman–Crippen LogP) is 3.28. The van der Waals surface area contributed by atoms with Crippen molar-refractivity contribution >= 4 is 0 Å². The maximum absolute atomic E-state index is 2.53. The summed E-state index contributed by atoms with van der Waals surface area (Å²) in [5.41, 5.74) is 2.76. The fourth-order valence-corrected chi connectivity index (χ4v) is 2.27. The number of allylic oxidation sites excluding steroid dienone is 3. The van der Waals surface area contributed by atoms with Crippen LogP contribution in [0.25, 0.3) is 0 Å². The lowest BCUT2D eigenvalue weighted by molar-refractivity contribution is 0.162. The number of piperazine rings is 1. The Morgan fingerprint density at radius 2 is 1.74 bits per heavy atom. The van der Waals surface area contributed by atoms with Gasteiger partial charge in [0, 0.05) is 32.7 Å². The van der Waals surface area contributed by atoms with Crippen LogP contribution < -0.4 is 0 Å². The molecular formula is C17H24N2. The molecule has 0 radical (unpaired) electrons. The molecule has 1 saturated heterocycles. The van der Waals surface area contributed by atoms with Gasteiger partial charge in [0.1, 0.15) is 0 Å². The van der Waals surface area contributed by atoms with E-state index in [1.165, 1.54) is 11.1 Å². The standard InChI is InChI=1S/C17H24N2/c1-16(2)7-6-10-18-11-13-19(14-12-18)15-17-8-4-3-5-9-17/h3-10H,11-15H2,1-2H3. The molecule has 0 N–H and O–H groups in total. The molecular weight excluding hydrogens is 232 g/mol. The minimum Gasteiger partial charge on any atom is -0.375 e. The molecule has 0 bridgehead atoms. The predicted molar refractivity (Wildman–Crippen MR) is 81.9 cm³/mol. The minimum absolute atomic E-state index is 1.08. The van der Waals surface area contributed by atoms with Crippen LogP contribution in [-0.4, -0.2) is 36.0 Å². The van der Waals surface area contributed by atoms with Crippen molar-refractivity contribution in [2.45, 2.75) is 20.4 Å². The van der Waals surface area contributed by atoms with E-state index >= 15 is 0 Å². The third-order valence-corrected chi connectivity index (χ3v) is 3.38. The summed E-state index contributed by atoms with van der Waals surface area (Å²) in [7, 11) is 0. The molecule has 2 heteroatoms. The number of hydrogen-bond donors (Lipinski definition) is 0. The first-order chi connectivity index (χ1) is 9.24. The van der Waals surface area contributed by atoms with Gasteiger partial charge in [-0.15, -0.1) is 0 Å². The van der Waals surface area contributed by atoms with Crippen LogP contribution >= 0.6 is 0 Å². The van der Waals surface area contributed by atoms with Crippen LogP contribution in [0.4, 0.5) is 0 Å². The van der Waals surface area contributed by atoms with Crippen molar-refractivity contribution in [3.63, 3.8) is 0 Å². The van der Waals surface area contributed by atoms with E-state index in [0.29, 0.717) is 0 Å². The molecule has 1 aromatic rings. The fourth-order valence-electron chi connectivity index (χ4n) is 2.27. The van der Waals surface area contributed by atoms with E-state index < -0.39 is 0 Å². The summed E-state index contributed by atoms with van der Waals surface area (Å²) >= 11 is 0. The van der Waals surface area contributed by atoms with Gasteiger partial charge in [0.2, 0.25) is 0 Å². The first-order valence-electron chi connectivity index (χ1n) is 7.06. The van der Waals surface area contributed by atoms with E-state index in [1.54, 1.807) is 0 Å². The smallest absolute Gasteiger partial charge is 0.0301 e. The molecule has 2 rings (SSSR count). The molecule has 0 aliphatic carbocycles. The lowest BCUT2D eigenvalue weighted by Gasteiger charge is -2.34. The molecule has 0 atom stereocenters. The minimum atomic E-state index is 1.08. The first kappa shape index (κ1) is 13.9. The third-order valence-electron chi connectivity index (χ3n) is 3.38. The second-order valence-corrected chi connectivity index (χ2v) is 5.38. The van der Waals surface area contributed by atoms with Gasteiger partial charge in [-0.25, -0.2) is 0 Å². The van der Waals surface area contributed by atoms with Crippen LogP contribution in [0.2, 0.25) is 0 Å². The maximum atomic E-state index is 2.53. The van der Waals surface area contributed by atoms with Crippen LogP contribution in [0.15, 0.2) is 54.3 Å². The van der Waals surface area contributed by atoms with Gasteiger partial charge in [-0.2, -0.15) is 0 Å². The Labute approximate surface area is 117 Å². The second-order valence-electron chi connectivity index (χ2n) is 5.38. The Morgan fingerprint density at radius 1 is 1.05 bits per heavy atom. The zero-order chi connectivity index (χ0) is 13.5. The van der Waals surface area contributed by atoms with Gasteiger partial charge >= 0.3 is 0 Å². The van der Waals surface area contributed by atoms with Gasteiger partial charge in [0.05, 0.1) is 0 Å². The van der Waals surface area contributed by atoms with E-state index in [4.69, 9.17) is 0 Å². The molecule has 102 valence electrons. The highest BCUT2D eigenvalue weighted by Crippen LogP contribution is 2.08. The topological polar surface area (TPSA) is 6.48 Å². The van der Waals surface area contributed by atoms with Gasteiger partial charge < -0.3 is 4.90 Å². The highest BCUT2D eigenvalue weighted by molar-refractivity contribution is 5.14.